The molecule has 98 valence electrons. The lowest BCUT2D eigenvalue weighted by Gasteiger charge is -2.28. The van der Waals surface area contributed by atoms with Gasteiger partial charge in [0, 0.05) is 11.6 Å². The molecule has 0 aliphatic carbocycles. The Morgan fingerprint density at radius 3 is 2.19 bits per heavy atom. The normalized spacial score (nSPS) is 23.8. The largest absolute Gasteiger partial charge is 0.313 e. The van der Waals surface area contributed by atoms with Crippen LogP contribution < -0.4 is 10.6 Å². The van der Waals surface area contributed by atoms with Crippen LogP contribution in [0.1, 0.15) is 61.3 Å². The first-order chi connectivity index (χ1) is 7.31. The van der Waals surface area contributed by atoms with Gasteiger partial charge in [0.05, 0.1) is 0 Å². The quantitative estimate of drug-likeness (QED) is 0.775. The van der Waals surface area contributed by atoms with Crippen molar-refractivity contribution in [1.29, 1.82) is 0 Å². The van der Waals surface area contributed by atoms with Crippen molar-refractivity contribution in [3.63, 3.8) is 0 Å². The van der Waals surface area contributed by atoms with E-state index < -0.39 is 0 Å². The van der Waals surface area contributed by atoms with Gasteiger partial charge in [0.25, 0.3) is 0 Å². The summed E-state index contributed by atoms with van der Waals surface area (Å²) in [4.78, 5) is 0. The minimum Gasteiger partial charge on any atom is -0.313 e. The number of rotatable bonds is 3. The third-order valence-electron chi connectivity index (χ3n) is 3.19. The SMILES string of the molecule is CC.CC(C)(C)NCCC1NCCC1(C)C. The topological polar surface area (TPSA) is 24.1 Å². The Morgan fingerprint density at radius 2 is 1.81 bits per heavy atom. The molecular formula is C14H32N2. The Morgan fingerprint density at radius 1 is 1.25 bits per heavy atom. The lowest BCUT2D eigenvalue weighted by Crippen LogP contribution is -2.41. The van der Waals surface area contributed by atoms with E-state index in [1.165, 1.54) is 19.4 Å². The van der Waals surface area contributed by atoms with Gasteiger partial charge in [0.15, 0.2) is 0 Å². The second kappa shape index (κ2) is 6.61. The van der Waals surface area contributed by atoms with E-state index in [1.807, 2.05) is 13.8 Å². The molecule has 0 amide bonds. The van der Waals surface area contributed by atoms with Crippen LogP contribution in [0.4, 0.5) is 0 Å². The summed E-state index contributed by atoms with van der Waals surface area (Å²) < 4.78 is 0. The monoisotopic (exact) mass is 228 g/mol. The molecule has 1 unspecified atom stereocenters. The predicted molar refractivity (Wildman–Crippen MR) is 73.9 cm³/mol. The van der Waals surface area contributed by atoms with Crippen LogP contribution in [0, 0.1) is 5.41 Å². The zero-order chi connectivity index (χ0) is 12.8. The summed E-state index contributed by atoms with van der Waals surface area (Å²) in [5.74, 6) is 0. The minimum absolute atomic E-state index is 0.253. The van der Waals surface area contributed by atoms with Crippen molar-refractivity contribution in [2.45, 2.75) is 72.9 Å². The smallest absolute Gasteiger partial charge is 0.0131 e. The maximum atomic E-state index is 3.59. The number of hydrogen-bond acceptors (Lipinski definition) is 2. The standard InChI is InChI=1S/C12H26N2.C2H6/c1-11(2,3)14-8-6-10-12(4,5)7-9-13-10;1-2/h10,13-14H,6-9H2,1-5H3;1-2H3. The highest BCUT2D eigenvalue weighted by atomic mass is 15.0. The summed E-state index contributed by atoms with van der Waals surface area (Å²) in [6, 6.07) is 0.692. The molecule has 16 heavy (non-hydrogen) atoms. The van der Waals surface area contributed by atoms with Gasteiger partial charge in [0.1, 0.15) is 0 Å². The Hall–Kier alpha value is -0.0800. The fourth-order valence-electron chi connectivity index (χ4n) is 2.10. The van der Waals surface area contributed by atoms with Gasteiger partial charge in [-0.25, -0.2) is 0 Å². The Labute approximate surface area is 103 Å². The van der Waals surface area contributed by atoms with Gasteiger partial charge in [-0.2, -0.15) is 0 Å². The third-order valence-corrected chi connectivity index (χ3v) is 3.19. The molecule has 0 bridgehead atoms. The average Bonchev–Trinajstić information content (AvgIpc) is 2.47. The lowest BCUT2D eigenvalue weighted by molar-refractivity contribution is 0.287. The summed E-state index contributed by atoms with van der Waals surface area (Å²) in [7, 11) is 0. The summed E-state index contributed by atoms with van der Waals surface area (Å²) in [5.41, 5.74) is 0.738. The number of nitrogens with one attached hydrogen (secondary N) is 2. The third kappa shape index (κ3) is 5.86. The van der Waals surface area contributed by atoms with Gasteiger partial charge >= 0.3 is 0 Å². The van der Waals surface area contributed by atoms with Gasteiger partial charge in [0.2, 0.25) is 0 Å². The Kier molecular flexibility index (Phi) is 6.57. The van der Waals surface area contributed by atoms with E-state index in [0.717, 1.165) is 6.54 Å². The first kappa shape index (κ1) is 15.9. The minimum atomic E-state index is 0.253. The highest BCUT2D eigenvalue weighted by molar-refractivity contribution is 4.91. The molecule has 2 nitrogen and oxygen atoms in total. The van der Waals surface area contributed by atoms with Crippen molar-refractivity contribution >= 4 is 0 Å². The van der Waals surface area contributed by atoms with Crippen molar-refractivity contribution in [2.24, 2.45) is 5.41 Å². The van der Waals surface area contributed by atoms with Crippen molar-refractivity contribution < 1.29 is 0 Å². The summed E-state index contributed by atoms with van der Waals surface area (Å²) in [6.07, 6.45) is 2.55. The van der Waals surface area contributed by atoms with E-state index in [2.05, 4.69) is 45.3 Å². The second-order valence-electron chi connectivity index (χ2n) is 6.21. The van der Waals surface area contributed by atoms with E-state index in [1.54, 1.807) is 0 Å². The molecule has 1 saturated heterocycles. The van der Waals surface area contributed by atoms with E-state index in [-0.39, 0.29) is 5.54 Å². The molecule has 0 radical (unpaired) electrons. The number of hydrogen-bond donors (Lipinski definition) is 2. The van der Waals surface area contributed by atoms with E-state index in [9.17, 15) is 0 Å². The Balaban J connectivity index is 0.00000106. The fraction of sp³-hybridized carbons (Fsp3) is 1.00. The van der Waals surface area contributed by atoms with Crippen LogP contribution in [0.2, 0.25) is 0 Å². The highest BCUT2D eigenvalue weighted by Crippen LogP contribution is 2.31. The molecule has 1 heterocycles. The van der Waals surface area contributed by atoms with E-state index in [4.69, 9.17) is 0 Å². The molecule has 2 N–H and O–H groups in total. The Bertz CT molecular complexity index is 180. The van der Waals surface area contributed by atoms with Gasteiger partial charge in [-0.15, -0.1) is 0 Å². The van der Waals surface area contributed by atoms with Crippen molar-refractivity contribution in [3.05, 3.63) is 0 Å². The van der Waals surface area contributed by atoms with Crippen LogP contribution in [0.15, 0.2) is 0 Å². The van der Waals surface area contributed by atoms with Crippen molar-refractivity contribution in [1.82, 2.24) is 10.6 Å². The maximum absolute atomic E-state index is 3.59. The second-order valence-corrected chi connectivity index (χ2v) is 6.21. The lowest BCUT2D eigenvalue weighted by atomic mass is 9.83. The molecule has 0 aromatic rings. The van der Waals surface area contributed by atoms with E-state index in [0.29, 0.717) is 11.5 Å². The molecule has 1 aliphatic rings. The van der Waals surface area contributed by atoms with Gasteiger partial charge < -0.3 is 10.6 Å². The molecule has 2 heteroatoms. The molecule has 1 aliphatic heterocycles. The van der Waals surface area contributed by atoms with Crippen LogP contribution >= 0.6 is 0 Å². The zero-order valence-corrected chi connectivity index (χ0v) is 12.4. The molecular weight excluding hydrogens is 196 g/mol. The maximum Gasteiger partial charge on any atom is 0.0131 e. The van der Waals surface area contributed by atoms with E-state index >= 15 is 0 Å². The van der Waals surface area contributed by atoms with Gasteiger partial charge in [-0.1, -0.05) is 27.7 Å². The summed E-state index contributed by atoms with van der Waals surface area (Å²) in [6.45, 7) is 17.7. The van der Waals surface area contributed by atoms with Crippen LogP contribution in [-0.2, 0) is 0 Å². The molecule has 0 aromatic carbocycles. The zero-order valence-electron chi connectivity index (χ0n) is 12.4. The molecule has 0 spiro atoms. The summed E-state index contributed by atoms with van der Waals surface area (Å²) >= 11 is 0. The van der Waals surface area contributed by atoms with Crippen LogP contribution in [0.5, 0.6) is 0 Å². The van der Waals surface area contributed by atoms with Crippen molar-refractivity contribution in [3.8, 4) is 0 Å². The average molecular weight is 228 g/mol. The van der Waals surface area contributed by atoms with Crippen LogP contribution in [-0.4, -0.2) is 24.7 Å². The molecule has 1 atom stereocenters. The first-order valence-corrected chi connectivity index (χ1v) is 6.80. The van der Waals surface area contributed by atoms with Gasteiger partial charge in [-0.05, 0) is 52.1 Å². The molecule has 1 fully saturated rings. The van der Waals surface area contributed by atoms with Gasteiger partial charge in [-0.3, -0.25) is 0 Å². The predicted octanol–water partition coefficient (Wildman–Crippen LogP) is 3.18. The molecule has 1 rings (SSSR count). The molecule has 0 saturated carbocycles. The van der Waals surface area contributed by atoms with Crippen molar-refractivity contribution in [2.75, 3.05) is 13.1 Å². The van der Waals surface area contributed by atoms with Crippen LogP contribution in [0.25, 0.3) is 0 Å². The molecule has 0 aromatic heterocycles. The van der Waals surface area contributed by atoms with Crippen LogP contribution in [0.3, 0.4) is 0 Å². The first-order valence-electron chi connectivity index (χ1n) is 6.80. The fourth-order valence-corrected chi connectivity index (χ4v) is 2.10. The highest BCUT2D eigenvalue weighted by Gasteiger charge is 2.33. The summed E-state index contributed by atoms with van der Waals surface area (Å²) in [5, 5.41) is 7.14.